The second-order valence-electron chi connectivity index (χ2n) is 4.20. The van der Waals surface area contributed by atoms with Crippen LogP contribution in [0.15, 0.2) is 42.5 Å². The molecule has 1 saturated carbocycles. The van der Waals surface area contributed by atoms with Crippen LogP contribution in [0.25, 0.3) is 0 Å². The van der Waals surface area contributed by atoms with E-state index < -0.39 is 0 Å². The molecule has 0 bridgehead atoms. The van der Waals surface area contributed by atoms with Gasteiger partial charge in [0.05, 0.1) is 5.41 Å². The second kappa shape index (κ2) is 2.57. The summed E-state index contributed by atoms with van der Waals surface area (Å²) in [7, 11) is 0. The number of Topliss-reactive ketones (excluding diaryl/α,β-unsaturated/α-hetero) is 1. The number of carbonyl (C=O) groups excluding carboxylic acids is 1. The van der Waals surface area contributed by atoms with E-state index in [1.807, 2.05) is 24.3 Å². The Morgan fingerprint density at radius 3 is 2.71 bits per heavy atom. The summed E-state index contributed by atoms with van der Waals surface area (Å²) in [4.78, 5) is 11.9. The van der Waals surface area contributed by atoms with E-state index in [9.17, 15) is 4.79 Å². The van der Waals surface area contributed by atoms with Gasteiger partial charge in [-0.2, -0.15) is 0 Å². The molecule has 0 N–H and O–H groups in total. The van der Waals surface area contributed by atoms with Crippen LogP contribution in [0.2, 0.25) is 0 Å². The van der Waals surface area contributed by atoms with Crippen LogP contribution in [0.1, 0.15) is 18.4 Å². The van der Waals surface area contributed by atoms with Crippen molar-refractivity contribution in [2.45, 2.75) is 18.3 Å². The smallest absolute Gasteiger partial charge is 0.147 e. The second-order valence-corrected chi connectivity index (χ2v) is 4.20. The molecule has 0 saturated heterocycles. The fraction of sp³-hybridized carbons (Fsp3) is 0.308. The standard InChI is InChI=1S/C13H12O/c14-12-8-4-7-11-9-13(11,12)10-5-2-1-3-6-10/h1-7,11H,8-9H2. The molecular weight excluding hydrogens is 172 g/mol. The van der Waals surface area contributed by atoms with Gasteiger partial charge in [-0.3, -0.25) is 4.79 Å². The number of fused-ring (bicyclic) bond motifs is 1. The van der Waals surface area contributed by atoms with Crippen LogP contribution in [0.5, 0.6) is 0 Å². The number of benzene rings is 1. The van der Waals surface area contributed by atoms with Crippen molar-refractivity contribution in [3.8, 4) is 0 Å². The Morgan fingerprint density at radius 1 is 1.21 bits per heavy atom. The lowest BCUT2D eigenvalue weighted by Gasteiger charge is -2.17. The van der Waals surface area contributed by atoms with Crippen LogP contribution in [0.3, 0.4) is 0 Å². The summed E-state index contributed by atoms with van der Waals surface area (Å²) in [6.07, 6.45) is 5.85. The molecule has 0 radical (unpaired) electrons. The van der Waals surface area contributed by atoms with Gasteiger partial charge in [-0.25, -0.2) is 0 Å². The van der Waals surface area contributed by atoms with E-state index in [0.717, 1.165) is 6.42 Å². The SMILES string of the molecule is O=C1CC=CC2CC12c1ccccc1. The van der Waals surface area contributed by atoms with E-state index in [4.69, 9.17) is 0 Å². The van der Waals surface area contributed by atoms with Crippen LogP contribution in [0, 0.1) is 5.92 Å². The van der Waals surface area contributed by atoms with Gasteiger partial charge >= 0.3 is 0 Å². The molecular formula is C13H12O. The first-order valence-corrected chi connectivity index (χ1v) is 5.09. The Hall–Kier alpha value is -1.37. The molecule has 0 aliphatic heterocycles. The molecule has 2 unspecified atom stereocenters. The number of ketones is 1. The molecule has 1 aromatic rings. The number of hydrogen-bond acceptors (Lipinski definition) is 1. The summed E-state index contributed by atoms with van der Waals surface area (Å²) < 4.78 is 0. The highest BCUT2D eigenvalue weighted by Crippen LogP contribution is 2.58. The van der Waals surface area contributed by atoms with E-state index in [2.05, 4.69) is 18.2 Å². The van der Waals surface area contributed by atoms with Crippen molar-refractivity contribution in [3.63, 3.8) is 0 Å². The van der Waals surface area contributed by atoms with E-state index in [1.54, 1.807) is 0 Å². The summed E-state index contributed by atoms with van der Waals surface area (Å²) in [6.45, 7) is 0. The Morgan fingerprint density at radius 2 is 2.00 bits per heavy atom. The van der Waals surface area contributed by atoms with Crippen molar-refractivity contribution < 1.29 is 4.79 Å². The zero-order chi connectivity index (χ0) is 9.60. The van der Waals surface area contributed by atoms with E-state index in [-0.39, 0.29) is 5.41 Å². The minimum atomic E-state index is -0.129. The maximum Gasteiger partial charge on any atom is 0.147 e. The van der Waals surface area contributed by atoms with E-state index >= 15 is 0 Å². The minimum Gasteiger partial charge on any atom is -0.298 e. The first-order chi connectivity index (χ1) is 6.84. The van der Waals surface area contributed by atoms with Gasteiger partial charge in [-0.05, 0) is 17.9 Å². The van der Waals surface area contributed by atoms with Gasteiger partial charge in [-0.1, -0.05) is 42.5 Å². The van der Waals surface area contributed by atoms with Crippen LogP contribution in [-0.4, -0.2) is 5.78 Å². The molecule has 3 rings (SSSR count). The summed E-state index contributed by atoms with van der Waals surface area (Å²) in [5.74, 6) is 0.877. The average molecular weight is 184 g/mol. The summed E-state index contributed by atoms with van der Waals surface area (Å²) in [5.41, 5.74) is 1.08. The maximum atomic E-state index is 11.9. The average Bonchev–Trinajstić information content (AvgIpc) is 2.96. The molecule has 70 valence electrons. The predicted molar refractivity (Wildman–Crippen MR) is 55.0 cm³/mol. The molecule has 1 nitrogen and oxygen atoms in total. The van der Waals surface area contributed by atoms with Crippen molar-refractivity contribution in [2.75, 3.05) is 0 Å². The van der Waals surface area contributed by atoms with E-state index in [0.29, 0.717) is 18.1 Å². The fourth-order valence-electron chi connectivity index (χ4n) is 2.59. The number of rotatable bonds is 1. The molecule has 0 aromatic heterocycles. The number of carbonyl (C=O) groups is 1. The third-order valence-corrected chi connectivity index (χ3v) is 3.47. The Balaban J connectivity index is 2.08. The molecule has 1 fully saturated rings. The Labute approximate surface area is 83.4 Å². The number of hydrogen-bond donors (Lipinski definition) is 0. The molecule has 2 aliphatic carbocycles. The van der Waals surface area contributed by atoms with Gasteiger partial charge in [0, 0.05) is 6.42 Å². The van der Waals surface area contributed by atoms with Crippen molar-refractivity contribution in [3.05, 3.63) is 48.0 Å². The zero-order valence-electron chi connectivity index (χ0n) is 7.94. The zero-order valence-corrected chi connectivity index (χ0v) is 7.94. The van der Waals surface area contributed by atoms with Crippen LogP contribution >= 0.6 is 0 Å². The topological polar surface area (TPSA) is 17.1 Å². The lowest BCUT2D eigenvalue weighted by molar-refractivity contribution is -0.121. The lowest BCUT2D eigenvalue weighted by atomic mass is 9.84. The van der Waals surface area contributed by atoms with Gasteiger partial charge in [0.15, 0.2) is 0 Å². The van der Waals surface area contributed by atoms with Gasteiger partial charge in [0.25, 0.3) is 0 Å². The first-order valence-electron chi connectivity index (χ1n) is 5.09. The monoisotopic (exact) mass is 184 g/mol. The molecule has 1 aromatic carbocycles. The highest BCUT2D eigenvalue weighted by Gasteiger charge is 2.59. The highest BCUT2D eigenvalue weighted by atomic mass is 16.1. The highest BCUT2D eigenvalue weighted by molar-refractivity contribution is 5.96. The van der Waals surface area contributed by atoms with Crippen molar-refractivity contribution in [1.82, 2.24) is 0 Å². The molecule has 0 amide bonds. The molecule has 0 heterocycles. The predicted octanol–water partition coefficient (Wildman–Crippen LogP) is 2.47. The van der Waals surface area contributed by atoms with Gasteiger partial charge in [0.1, 0.15) is 5.78 Å². The van der Waals surface area contributed by atoms with Gasteiger partial charge < -0.3 is 0 Å². The minimum absolute atomic E-state index is 0.129. The Kier molecular flexibility index (Phi) is 1.46. The van der Waals surface area contributed by atoms with Crippen molar-refractivity contribution in [2.24, 2.45) is 5.92 Å². The van der Waals surface area contributed by atoms with Crippen molar-refractivity contribution in [1.29, 1.82) is 0 Å². The Bertz CT molecular complexity index is 405. The van der Waals surface area contributed by atoms with E-state index in [1.165, 1.54) is 5.56 Å². The normalized spacial score (nSPS) is 34.0. The van der Waals surface area contributed by atoms with Crippen LogP contribution in [0.4, 0.5) is 0 Å². The lowest BCUT2D eigenvalue weighted by Crippen LogP contribution is -2.24. The fourth-order valence-corrected chi connectivity index (χ4v) is 2.59. The molecule has 2 atom stereocenters. The van der Waals surface area contributed by atoms with Gasteiger partial charge in [-0.15, -0.1) is 0 Å². The summed E-state index contributed by atoms with van der Waals surface area (Å²) in [6, 6.07) is 10.2. The van der Waals surface area contributed by atoms with Crippen molar-refractivity contribution >= 4 is 5.78 Å². The molecule has 0 spiro atoms. The van der Waals surface area contributed by atoms with Gasteiger partial charge in [0.2, 0.25) is 0 Å². The maximum absolute atomic E-state index is 11.9. The largest absolute Gasteiger partial charge is 0.298 e. The summed E-state index contributed by atoms with van der Waals surface area (Å²) in [5, 5.41) is 0. The molecule has 14 heavy (non-hydrogen) atoms. The quantitative estimate of drug-likeness (QED) is 0.613. The van der Waals surface area contributed by atoms with Crippen LogP contribution < -0.4 is 0 Å². The third kappa shape index (κ3) is 0.872. The van der Waals surface area contributed by atoms with Crippen LogP contribution in [-0.2, 0) is 10.2 Å². The molecule has 2 aliphatic rings. The molecule has 1 heteroatoms. The summed E-state index contributed by atoms with van der Waals surface area (Å²) >= 11 is 0. The third-order valence-electron chi connectivity index (χ3n) is 3.47. The number of allylic oxidation sites excluding steroid dienone is 2. The first kappa shape index (κ1) is 7.98.